The van der Waals surface area contributed by atoms with Crippen LogP contribution in [-0.4, -0.2) is 48.8 Å². The SMILES string of the molecule is O=S(=O)(c1ccc(F)c(F)c1)N1CCN(Cc2nc3ccccc3o2)CC1. The molecule has 2 aromatic carbocycles. The number of para-hydroxylation sites is 2. The molecule has 2 heterocycles. The maximum Gasteiger partial charge on any atom is 0.243 e. The highest BCUT2D eigenvalue weighted by Gasteiger charge is 2.29. The first-order chi connectivity index (χ1) is 12.9. The van der Waals surface area contributed by atoms with Crippen molar-refractivity contribution in [3.8, 4) is 0 Å². The summed E-state index contributed by atoms with van der Waals surface area (Å²) in [6, 6.07) is 10.1. The third-order valence-electron chi connectivity index (χ3n) is 4.56. The lowest BCUT2D eigenvalue weighted by Crippen LogP contribution is -2.48. The number of hydrogen-bond donors (Lipinski definition) is 0. The lowest BCUT2D eigenvalue weighted by Gasteiger charge is -2.33. The number of nitrogens with zero attached hydrogens (tertiary/aromatic N) is 3. The van der Waals surface area contributed by atoms with Crippen molar-refractivity contribution in [1.82, 2.24) is 14.2 Å². The van der Waals surface area contributed by atoms with Gasteiger partial charge in [0.15, 0.2) is 17.2 Å². The van der Waals surface area contributed by atoms with Gasteiger partial charge in [-0.05, 0) is 30.3 Å². The summed E-state index contributed by atoms with van der Waals surface area (Å²) >= 11 is 0. The van der Waals surface area contributed by atoms with Gasteiger partial charge in [-0.3, -0.25) is 4.90 Å². The number of hydrogen-bond acceptors (Lipinski definition) is 5. The maximum atomic E-state index is 13.4. The van der Waals surface area contributed by atoms with E-state index in [2.05, 4.69) is 4.98 Å². The van der Waals surface area contributed by atoms with E-state index < -0.39 is 21.7 Å². The number of halogens is 2. The van der Waals surface area contributed by atoms with E-state index in [1.165, 1.54) is 4.31 Å². The molecule has 0 saturated carbocycles. The average Bonchev–Trinajstić information content (AvgIpc) is 3.06. The van der Waals surface area contributed by atoms with Gasteiger partial charge in [-0.2, -0.15) is 4.31 Å². The number of aromatic nitrogens is 1. The third-order valence-corrected chi connectivity index (χ3v) is 6.45. The molecule has 0 radical (unpaired) electrons. The van der Waals surface area contributed by atoms with Crippen molar-refractivity contribution in [3.63, 3.8) is 0 Å². The monoisotopic (exact) mass is 393 g/mol. The van der Waals surface area contributed by atoms with Gasteiger partial charge in [-0.15, -0.1) is 0 Å². The summed E-state index contributed by atoms with van der Waals surface area (Å²) in [7, 11) is -3.86. The molecule has 0 amide bonds. The zero-order valence-corrected chi connectivity index (χ0v) is 15.1. The normalized spacial score (nSPS) is 16.8. The van der Waals surface area contributed by atoms with Gasteiger partial charge in [0.2, 0.25) is 15.9 Å². The lowest BCUT2D eigenvalue weighted by molar-refractivity contribution is 0.169. The quantitative estimate of drug-likeness (QED) is 0.682. The second kappa shape index (κ2) is 6.99. The highest BCUT2D eigenvalue weighted by atomic mass is 32.2. The van der Waals surface area contributed by atoms with Crippen molar-refractivity contribution in [2.24, 2.45) is 0 Å². The zero-order valence-electron chi connectivity index (χ0n) is 14.3. The van der Waals surface area contributed by atoms with Gasteiger partial charge in [0, 0.05) is 26.2 Å². The van der Waals surface area contributed by atoms with Gasteiger partial charge >= 0.3 is 0 Å². The maximum absolute atomic E-state index is 13.4. The molecule has 1 aliphatic rings. The molecule has 1 saturated heterocycles. The highest BCUT2D eigenvalue weighted by molar-refractivity contribution is 7.89. The first-order valence-electron chi connectivity index (χ1n) is 8.45. The molecule has 1 fully saturated rings. The predicted molar refractivity (Wildman–Crippen MR) is 94.4 cm³/mol. The number of oxazole rings is 1. The molecule has 27 heavy (non-hydrogen) atoms. The highest BCUT2D eigenvalue weighted by Crippen LogP contribution is 2.21. The summed E-state index contributed by atoms with van der Waals surface area (Å²) in [6.45, 7) is 1.96. The minimum atomic E-state index is -3.86. The van der Waals surface area contributed by atoms with Crippen LogP contribution in [0.4, 0.5) is 8.78 Å². The molecular formula is C18H17F2N3O3S. The molecule has 142 valence electrons. The summed E-state index contributed by atoms with van der Waals surface area (Å²) in [5, 5.41) is 0. The Morgan fingerprint density at radius 1 is 1.00 bits per heavy atom. The van der Waals surface area contributed by atoms with E-state index >= 15 is 0 Å². The standard InChI is InChI=1S/C18H17F2N3O3S/c19-14-6-5-13(11-15(14)20)27(24,25)23-9-7-22(8-10-23)12-18-21-16-3-1-2-4-17(16)26-18/h1-6,11H,7-10,12H2. The molecule has 0 N–H and O–H groups in total. The molecule has 6 nitrogen and oxygen atoms in total. The van der Waals surface area contributed by atoms with Gasteiger partial charge in [0.05, 0.1) is 11.4 Å². The molecule has 1 aromatic heterocycles. The smallest absolute Gasteiger partial charge is 0.243 e. The predicted octanol–water partition coefficient (Wildman–Crippen LogP) is 2.61. The number of benzene rings is 2. The second-order valence-electron chi connectivity index (χ2n) is 6.33. The number of sulfonamides is 1. The molecule has 4 rings (SSSR count). The van der Waals surface area contributed by atoms with E-state index in [1.807, 2.05) is 29.2 Å². The summed E-state index contributed by atoms with van der Waals surface area (Å²) < 4.78 is 58.7. The van der Waals surface area contributed by atoms with Crippen LogP contribution < -0.4 is 0 Å². The molecular weight excluding hydrogens is 376 g/mol. The van der Waals surface area contributed by atoms with Crippen LogP contribution in [0.3, 0.4) is 0 Å². The molecule has 0 atom stereocenters. The van der Waals surface area contributed by atoms with Crippen LogP contribution in [-0.2, 0) is 16.6 Å². The van der Waals surface area contributed by atoms with Crippen molar-refractivity contribution in [2.75, 3.05) is 26.2 Å². The van der Waals surface area contributed by atoms with Gasteiger partial charge in [-0.25, -0.2) is 22.2 Å². The molecule has 0 bridgehead atoms. The van der Waals surface area contributed by atoms with Crippen LogP contribution >= 0.6 is 0 Å². The topological polar surface area (TPSA) is 66.7 Å². The largest absolute Gasteiger partial charge is 0.439 e. The van der Waals surface area contributed by atoms with Gasteiger partial charge < -0.3 is 4.42 Å². The Kier molecular flexibility index (Phi) is 4.67. The Morgan fingerprint density at radius 3 is 2.44 bits per heavy atom. The Hall–Kier alpha value is -2.36. The average molecular weight is 393 g/mol. The van der Waals surface area contributed by atoms with Crippen LogP contribution in [0, 0.1) is 11.6 Å². The Bertz CT molecular complexity index is 1040. The fourth-order valence-corrected chi connectivity index (χ4v) is 4.53. The van der Waals surface area contributed by atoms with Crippen LogP contribution in [0.25, 0.3) is 11.1 Å². The third kappa shape index (κ3) is 3.58. The minimum Gasteiger partial charge on any atom is -0.439 e. The van der Waals surface area contributed by atoms with Crippen LogP contribution in [0.1, 0.15) is 5.89 Å². The molecule has 0 spiro atoms. The van der Waals surface area contributed by atoms with Crippen molar-refractivity contribution in [1.29, 1.82) is 0 Å². The van der Waals surface area contributed by atoms with E-state index in [1.54, 1.807) is 0 Å². The summed E-state index contributed by atoms with van der Waals surface area (Å²) in [5.74, 6) is -1.67. The van der Waals surface area contributed by atoms with E-state index in [4.69, 9.17) is 4.42 Å². The second-order valence-corrected chi connectivity index (χ2v) is 8.27. The van der Waals surface area contributed by atoms with Crippen molar-refractivity contribution in [3.05, 3.63) is 60.0 Å². The van der Waals surface area contributed by atoms with Crippen LogP contribution in [0.5, 0.6) is 0 Å². The van der Waals surface area contributed by atoms with Crippen LogP contribution in [0.2, 0.25) is 0 Å². The number of piperazine rings is 1. The Morgan fingerprint density at radius 2 is 1.74 bits per heavy atom. The molecule has 0 unspecified atom stereocenters. The van der Waals surface area contributed by atoms with Crippen molar-refractivity contribution in [2.45, 2.75) is 11.4 Å². The van der Waals surface area contributed by atoms with E-state index in [0.29, 0.717) is 31.1 Å². The molecule has 0 aliphatic carbocycles. The van der Waals surface area contributed by atoms with Gasteiger partial charge in [0.1, 0.15) is 5.52 Å². The Balaban J connectivity index is 1.42. The van der Waals surface area contributed by atoms with Gasteiger partial charge in [-0.1, -0.05) is 12.1 Å². The fourth-order valence-electron chi connectivity index (χ4n) is 3.09. The van der Waals surface area contributed by atoms with Gasteiger partial charge in [0.25, 0.3) is 0 Å². The van der Waals surface area contributed by atoms with Crippen LogP contribution in [0.15, 0.2) is 51.8 Å². The fraction of sp³-hybridized carbons (Fsp3) is 0.278. The first-order valence-corrected chi connectivity index (χ1v) is 9.89. The Labute approximate surface area is 155 Å². The molecule has 1 aliphatic heterocycles. The van der Waals surface area contributed by atoms with Crippen molar-refractivity contribution >= 4 is 21.1 Å². The zero-order chi connectivity index (χ0) is 19.0. The summed E-state index contributed by atoms with van der Waals surface area (Å²) in [5.41, 5.74) is 1.50. The summed E-state index contributed by atoms with van der Waals surface area (Å²) in [4.78, 5) is 6.22. The molecule has 3 aromatic rings. The lowest BCUT2D eigenvalue weighted by atomic mass is 10.3. The van der Waals surface area contributed by atoms with E-state index in [-0.39, 0.29) is 18.0 Å². The minimum absolute atomic E-state index is 0.242. The summed E-state index contributed by atoms with van der Waals surface area (Å²) in [6.07, 6.45) is 0. The van der Waals surface area contributed by atoms with E-state index in [9.17, 15) is 17.2 Å². The van der Waals surface area contributed by atoms with Crippen molar-refractivity contribution < 1.29 is 21.6 Å². The number of fused-ring (bicyclic) bond motifs is 1. The molecule has 9 heteroatoms. The number of rotatable bonds is 4. The van der Waals surface area contributed by atoms with E-state index in [0.717, 1.165) is 23.7 Å². The first kappa shape index (κ1) is 18.0.